The second kappa shape index (κ2) is 7.38. The van der Waals surface area contributed by atoms with Crippen LogP contribution in [0.2, 0.25) is 0 Å². The Hall–Kier alpha value is -3.69. The molecule has 4 aromatic rings. The lowest BCUT2D eigenvalue weighted by molar-refractivity contribution is 0.185. The monoisotopic (exact) mass is 381 g/mol. The van der Waals surface area contributed by atoms with E-state index in [-0.39, 0.29) is 6.04 Å². The van der Waals surface area contributed by atoms with Crippen molar-refractivity contribution in [3.05, 3.63) is 95.5 Å². The van der Waals surface area contributed by atoms with E-state index in [1.165, 1.54) is 5.69 Å². The van der Waals surface area contributed by atoms with Gasteiger partial charge in [0, 0.05) is 36.6 Å². The summed E-state index contributed by atoms with van der Waals surface area (Å²) in [6, 6.07) is 17.8. The predicted molar refractivity (Wildman–Crippen MR) is 108 cm³/mol. The minimum absolute atomic E-state index is 0.0490. The predicted octanol–water partition coefficient (Wildman–Crippen LogP) is 4.08. The van der Waals surface area contributed by atoms with Gasteiger partial charge in [0.25, 0.3) is 0 Å². The summed E-state index contributed by atoms with van der Waals surface area (Å²) in [5.41, 5.74) is 4.84. The van der Waals surface area contributed by atoms with Crippen LogP contribution in [0.15, 0.2) is 71.7 Å². The van der Waals surface area contributed by atoms with Crippen molar-refractivity contribution in [1.29, 1.82) is 5.26 Å². The van der Waals surface area contributed by atoms with Crippen LogP contribution in [0.1, 0.15) is 34.3 Å². The van der Waals surface area contributed by atoms with E-state index in [0.29, 0.717) is 12.1 Å². The maximum Gasteiger partial charge on any atom is 0.135 e. The van der Waals surface area contributed by atoms with Gasteiger partial charge >= 0.3 is 0 Å². The van der Waals surface area contributed by atoms with E-state index in [9.17, 15) is 5.26 Å². The van der Waals surface area contributed by atoms with E-state index in [1.54, 1.807) is 12.4 Å². The molecule has 0 spiro atoms. The zero-order chi connectivity index (χ0) is 19.6. The molecule has 0 unspecified atom stereocenters. The maximum atomic E-state index is 9.37. The summed E-state index contributed by atoms with van der Waals surface area (Å²) >= 11 is 0. The molecule has 0 radical (unpaired) electrons. The van der Waals surface area contributed by atoms with Crippen LogP contribution in [-0.4, -0.2) is 26.4 Å². The Bertz CT molecular complexity index is 1170. The lowest BCUT2D eigenvalue weighted by Crippen LogP contribution is -2.35. The number of hydrogen-bond donors (Lipinski definition) is 1. The molecule has 1 atom stereocenters. The van der Waals surface area contributed by atoms with E-state index in [1.807, 2.05) is 54.9 Å². The summed E-state index contributed by atoms with van der Waals surface area (Å²) in [6.45, 7) is 1.56. The fourth-order valence-corrected chi connectivity index (χ4v) is 4.01. The highest BCUT2D eigenvalue weighted by Gasteiger charge is 2.31. The summed E-state index contributed by atoms with van der Waals surface area (Å²) < 4.78 is 6.14. The van der Waals surface area contributed by atoms with E-state index < -0.39 is 0 Å². The molecule has 6 heteroatoms. The highest BCUT2D eigenvalue weighted by Crippen LogP contribution is 2.35. The number of pyridine rings is 1. The molecule has 0 amide bonds. The SMILES string of the molecule is N#Cc1ccccc1-c1ccc(CN2CCc3[nH]cnc3[C@H]2c2ccncc2)o1. The number of nitrogens with zero attached hydrogens (tertiary/aromatic N) is 4. The van der Waals surface area contributed by atoms with Crippen molar-refractivity contribution in [2.24, 2.45) is 0 Å². The van der Waals surface area contributed by atoms with Gasteiger partial charge in [-0.3, -0.25) is 9.88 Å². The first-order chi connectivity index (χ1) is 14.3. The van der Waals surface area contributed by atoms with Crippen molar-refractivity contribution in [1.82, 2.24) is 19.9 Å². The topological polar surface area (TPSA) is 81.7 Å². The molecule has 3 aromatic heterocycles. The number of hydrogen-bond acceptors (Lipinski definition) is 5. The quantitative estimate of drug-likeness (QED) is 0.576. The number of aromatic amines is 1. The van der Waals surface area contributed by atoms with Gasteiger partial charge < -0.3 is 9.40 Å². The molecule has 0 bridgehead atoms. The van der Waals surface area contributed by atoms with Crippen molar-refractivity contribution in [3.63, 3.8) is 0 Å². The van der Waals surface area contributed by atoms with E-state index in [0.717, 1.165) is 41.3 Å². The zero-order valence-electron chi connectivity index (χ0n) is 15.7. The van der Waals surface area contributed by atoms with Gasteiger partial charge in [-0.2, -0.15) is 5.26 Å². The Labute approximate surface area is 168 Å². The van der Waals surface area contributed by atoms with Gasteiger partial charge in [0.05, 0.1) is 36.2 Å². The number of fused-ring (bicyclic) bond motifs is 1. The standard InChI is InChI=1S/C23H19N5O/c24-13-17-3-1-2-4-19(17)21-6-5-18(29-21)14-28-12-9-20-22(27-15-26-20)23(28)16-7-10-25-11-8-16/h1-8,10-11,15,23H,9,12,14H2,(H,26,27)/t23-/m1/s1. The lowest BCUT2D eigenvalue weighted by atomic mass is 9.96. The Kier molecular flexibility index (Phi) is 4.43. The highest BCUT2D eigenvalue weighted by atomic mass is 16.3. The third kappa shape index (κ3) is 3.22. The number of nitrogens with one attached hydrogen (secondary N) is 1. The molecular weight excluding hydrogens is 362 g/mol. The number of imidazole rings is 1. The summed E-state index contributed by atoms with van der Waals surface area (Å²) in [4.78, 5) is 14.4. The number of furan rings is 1. The van der Waals surface area contributed by atoms with Crippen LogP contribution in [0.3, 0.4) is 0 Å². The summed E-state index contributed by atoms with van der Waals surface area (Å²) in [6.07, 6.45) is 6.32. The molecule has 1 N–H and O–H groups in total. The van der Waals surface area contributed by atoms with Gasteiger partial charge in [0.2, 0.25) is 0 Å². The summed E-state index contributed by atoms with van der Waals surface area (Å²) in [5.74, 6) is 1.58. The van der Waals surface area contributed by atoms with Crippen LogP contribution in [-0.2, 0) is 13.0 Å². The van der Waals surface area contributed by atoms with E-state index in [2.05, 4.69) is 25.9 Å². The summed E-state index contributed by atoms with van der Waals surface area (Å²) in [5, 5.41) is 9.37. The second-order valence-electron chi connectivity index (χ2n) is 7.09. The second-order valence-corrected chi connectivity index (χ2v) is 7.09. The molecule has 0 fully saturated rings. The molecule has 29 heavy (non-hydrogen) atoms. The molecule has 6 nitrogen and oxygen atoms in total. The van der Waals surface area contributed by atoms with E-state index in [4.69, 9.17) is 4.42 Å². The molecule has 142 valence electrons. The molecule has 1 aromatic carbocycles. The molecule has 5 rings (SSSR count). The average Bonchev–Trinajstić information content (AvgIpc) is 3.44. The van der Waals surface area contributed by atoms with Crippen molar-refractivity contribution >= 4 is 0 Å². The van der Waals surface area contributed by atoms with Crippen LogP contribution in [0.5, 0.6) is 0 Å². The molecule has 1 aliphatic heterocycles. The molecule has 0 saturated heterocycles. The first-order valence-electron chi connectivity index (χ1n) is 9.58. The van der Waals surface area contributed by atoms with Gasteiger partial charge in [0.1, 0.15) is 11.5 Å². The lowest BCUT2D eigenvalue weighted by Gasteiger charge is -2.34. The van der Waals surface area contributed by atoms with Gasteiger partial charge in [0.15, 0.2) is 0 Å². The minimum atomic E-state index is 0.0490. The fraction of sp³-hybridized carbons (Fsp3) is 0.174. The zero-order valence-corrected chi connectivity index (χ0v) is 15.7. The first kappa shape index (κ1) is 17.4. The van der Waals surface area contributed by atoms with Crippen molar-refractivity contribution < 1.29 is 4.42 Å². The third-order valence-corrected chi connectivity index (χ3v) is 5.38. The molecule has 4 heterocycles. The molecular formula is C23H19N5O. The minimum Gasteiger partial charge on any atom is -0.460 e. The fourth-order valence-electron chi connectivity index (χ4n) is 4.01. The van der Waals surface area contributed by atoms with Crippen LogP contribution < -0.4 is 0 Å². The number of H-pyrrole nitrogens is 1. The molecule has 1 aliphatic rings. The molecule has 0 aliphatic carbocycles. The van der Waals surface area contributed by atoms with Crippen LogP contribution in [0, 0.1) is 11.3 Å². The van der Waals surface area contributed by atoms with Gasteiger partial charge in [-0.15, -0.1) is 0 Å². The van der Waals surface area contributed by atoms with Crippen molar-refractivity contribution in [2.75, 3.05) is 6.54 Å². The Morgan fingerprint density at radius 2 is 2.00 bits per heavy atom. The highest BCUT2D eigenvalue weighted by molar-refractivity contribution is 5.66. The van der Waals surface area contributed by atoms with Crippen molar-refractivity contribution in [2.45, 2.75) is 19.0 Å². The van der Waals surface area contributed by atoms with Gasteiger partial charge in [-0.25, -0.2) is 4.98 Å². The van der Waals surface area contributed by atoms with Gasteiger partial charge in [-0.1, -0.05) is 12.1 Å². The number of benzene rings is 1. The largest absolute Gasteiger partial charge is 0.460 e. The van der Waals surface area contributed by atoms with Crippen molar-refractivity contribution in [3.8, 4) is 17.4 Å². The van der Waals surface area contributed by atoms with Crippen LogP contribution >= 0.6 is 0 Å². The third-order valence-electron chi connectivity index (χ3n) is 5.38. The Morgan fingerprint density at radius 3 is 2.86 bits per heavy atom. The van der Waals surface area contributed by atoms with Crippen LogP contribution in [0.4, 0.5) is 0 Å². The molecule has 0 saturated carbocycles. The average molecular weight is 381 g/mol. The number of aromatic nitrogens is 3. The maximum absolute atomic E-state index is 9.37. The Morgan fingerprint density at radius 1 is 1.14 bits per heavy atom. The smallest absolute Gasteiger partial charge is 0.135 e. The van der Waals surface area contributed by atoms with E-state index >= 15 is 0 Å². The normalized spacial score (nSPS) is 16.3. The first-order valence-corrected chi connectivity index (χ1v) is 9.58. The van der Waals surface area contributed by atoms with Gasteiger partial charge in [-0.05, 0) is 42.0 Å². The summed E-state index contributed by atoms with van der Waals surface area (Å²) in [7, 11) is 0. The number of nitriles is 1. The number of rotatable bonds is 4. The van der Waals surface area contributed by atoms with Crippen LogP contribution in [0.25, 0.3) is 11.3 Å². The Balaban J connectivity index is 1.46.